The van der Waals surface area contributed by atoms with E-state index in [1.807, 2.05) is 19.9 Å². The van der Waals surface area contributed by atoms with Crippen LogP contribution in [0.4, 0.5) is 17.3 Å². The first-order chi connectivity index (χ1) is 13.0. The van der Waals surface area contributed by atoms with Crippen molar-refractivity contribution in [3.63, 3.8) is 0 Å². The van der Waals surface area contributed by atoms with Crippen molar-refractivity contribution in [3.05, 3.63) is 35.6 Å². The molecule has 27 heavy (non-hydrogen) atoms. The van der Waals surface area contributed by atoms with Crippen molar-refractivity contribution in [3.8, 4) is 5.75 Å². The number of hydrogen-bond donors (Lipinski definition) is 3. The molecule has 0 unspecified atom stereocenters. The van der Waals surface area contributed by atoms with Gasteiger partial charge in [-0.1, -0.05) is 13.0 Å². The first-order valence-corrected chi connectivity index (χ1v) is 9.39. The van der Waals surface area contributed by atoms with Crippen LogP contribution >= 0.6 is 11.7 Å². The van der Waals surface area contributed by atoms with Gasteiger partial charge in [-0.3, -0.25) is 4.79 Å². The van der Waals surface area contributed by atoms with E-state index >= 15 is 0 Å². The summed E-state index contributed by atoms with van der Waals surface area (Å²) >= 11 is 1.04. The molecule has 0 fully saturated rings. The molecule has 146 valence electrons. The molecule has 0 saturated heterocycles. The minimum atomic E-state index is -0.281. The Morgan fingerprint density at radius 1 is 1.30 bits per heavy atom. The summed E-state index contributed by atoms with van der Waals surface area (Å²) in [6.07, 6.45) is 2.88. The van der Waals surface area contributed by atoms with E-state index in [1.54, 1.807) is 32.3 Å². The third-order valence-corrected chi connectivity index (χ3v) is 4.13. The van der Waals surface area contributed by atoms with Crippen molar-refractivity contribution in [2.75, 3.05) is 37.9 Å². The molecule has 1 heterocycles. The number of phenols is 1. The maximum Gasteiger partial charge on any atom is 0.257 e. The Hall–Kier alpha value is -2.81. The number of benzene rings is 1. The molecule has 3 N–H and O–H groups in total. The van der Waals surface area contributed by atoms with E-state index in [2.05, 4.69) is 19.4 Å². The smallest absolute Gasteiger partial charge is 0.257 e. The van der Waals surface area contributed by atoms with Gasteiger partial charge in [0.25, 0.3) is 5.91 Å². The van der Waals surface area contributed by atoms with Crippen LogP contribution < -0.4 is 10.6 Å². The van der Waals surface area contributed by atoms with Crippen LogP contribution in [0, 0.1) is 0 Å². The molecule has 0 aliphatic carbocycles. The van der Waals surface area contributed by atoms with E-state index in [0.717, 1.165) is 23.9 Å². The number of phenolic OH excluding ortho intramolecular Hbond substituents is 1. The number of nitrogens with zero attached hydrogens (tertiary/aromatic N) is 3. The van der Waals surface area contributed by atoms with E-state index in [4.69, 9.17) is 4.74 Å². The van der Waals surface area contributed by atoms with Gasteiger partial charge in [-0.2, -0.15) is 8.75 Å². The molecule has 0 bridgehead atoms. The molecule has 0 saturated carbocycles. The zero-order chi connectivity index (χ0) is 19.8. The van der Waals surface area contributed by atoms with Crippen LogP contribution in [0.5, 0.6) is 5.75 Å². The lowest BCUT2D eigenvalue weighted by Gasteiger charge is -2.14. The summed E-state index contributed by atoms with van der Waals surface area (Å²) in [5.74, 6) is 1.44. The highest BCUT2D eigenvalue weighted by atomic mass is 32.1. The number of anilines is 3. The Morgan fingerprint density at radius 3 is 2.70 bits per heavy atom. The largest absolute Gasteiger partial charge is 0.505 e. The quantitative estimate of drug-likeness (QED) is 0.445. The third-order valence-electron chi connectivity index (χ3n) is 3.61. The van der Waals surface area contributed by atoms with Crippen LogP contribution in [0.2, 0.25) is 0 Å². The molecule has 0 radical (unpaired) electrons. The second-order valence-corrected chi connectivity index (χ2v) is 6.38. The average molecular weight is 391 g/mol. The first-order valence-electron chi connectivity index (χ1n) is 8.66. The third kappa shape index (κ3) is 5.33. The van der Waals surface area contributed by atoms with Gasteiger partial charge in [0.15, 0.2) is 17.4 Å². The zero-order valence-electron chi connectivity index (χ0n) is 15.9. The number of aromatic hydroxyl groups is 1. The van der Waals surface area contributed by atoms with Crippen LogP contribution in [0.15, 0.2) is 30.0 Å². The summed E-state index contributed by atoms with van der Waals surface area (Å²) in [5.41, 5.74) is 0.597. The molecule has 2 rings (SSSR count). The molecule has 0 atom stereocenters. The molecule has 1 aromatic carbocycles. The summed E-state index contributed by atoms with van der Waals surface area (Å²) in [6, 6.07) is 4.95. The number of allylic oxidation sites excluding steroid dienone is 1. The number of carbonyl (C=O) groups excluding carboxylic acids is 1. The van der Waals surface area contributed by atoms with Gasteiger partial charge >= 0.3 is 0 Å². The summed E-state index contributed by atoms with van der Waals surface area (Å²) < 4.78 is 14.0. The summed E-state index contributed by atoms with van der Waals surface area (Å²) in [6.45, 7) is 5.05. The number of rotatable bonds is 9. The fraction of sp³-hybridized carbons (Fsp3) is 0.389. The van der Waals surface area contributed by atoms with E-state index in [1.165, 1.54) is 4.90 Å². The predicted octanol–water partition coefficient (Wildman–Crippen LogP) is 3.43. The van der Waals surface area contributed by atoms with Crippen LogP contribution in [0.3, 0.4) is 0 Å². The molecular weight excluding hydrogens is 366 g/mol. The maximum absolute atomic E-state index is 12.2. The first kappa shape index (κ1) is 20.5. The van der Waals surface area contributed by atoms with Crippen molar-refractivity contribution in [2.45, 2.75) is 20.3 Å². The summed E-state index contributed by atoms with van der Waals surface area (Å²) in [5, 5.41) is 16.7. The minimum absolute atomic E-state index is 0.129. The summed E-state index contributed by atoms with van der Waals surface area (Å²) in [4.78, 5) is 13.6. The molecule has 2 aromatic rings. The summed E-state index contributed by atoms with van der Waals surface area (Å²) in [7, 11) is 3.27. The fourth-order valence-electron chi connectivity index (χ4n) is 2.34. The highest BCUT2D eigenvalue weighted by molar-refractivity contribution is 6.99. The van der Waals surface area contributed by atoms with Gasteiger partial charge in [0, 0.05) is 14.1 Å². The van der Waals surface area contributed by atoms with Gasteiger partial charge in [0.05, 0.1) is 36.1 Å². The van der Waals surface area contributed by atoms with Crippen molar-refractivity contribution in [1.82, 2.24) is 13.6 Å². The van der Waals surface area contributed by atoms with Crippen molar-refractivity contribution >= 4 is 35.0 Å². The van der Waals surface area contributed by atoms with Crippen molar-refractivity contribution in [1.29, 1.82) is 0 Å². The van der Waals surface area contributed by atoms with Crippen molar-refractivity contribution in [2.24, 2.45) is 0 Å². The van der Waals surface area contributed by atoms with E-state index in [9.17, 15) is 9.90 Å². The van der Waals surface area contributed by atoms with Gasteiger partial charge in [-0.15, -0.1) is 0 Å². The Morgan fingerprint density at radius 2 is 2.04 bits per heavy atom. The maximum atomic E-state index is 12.2. The highest BCUT2D eigenvalue weighted by Gasteiger charge is 2.17. The monoisotopic (exact) mass is 391 g/mol. The molecule has 8 nitrogen and oxygen atoms in total. The van der Waals surface area contributed by atoms with E-state index in [-0.39, 0.29) is 17.2 Å². The van der Waals surface area contributed by atoms with E-state index in [0.29, 0.717) is 30.5 Å². The lowest BCUT2D eigenvalue weighted by Crippen LogP contribution is -2.21. The van der Waals surface area contributed by atoms with Crippen molar-refractivity contribution < 1.29 is 14.6 Å². The Bertz CT molecular complexity index is 804. The zero-order valence-corrected chi connectivity index (χ0v) is 16.8. The Balaban J connectivity index is 2.16. The van der Waals surface area contributed by atoms with Gasteiger partial charge < -0.3 is 25.4 Å². The average Bonchev–Trinajstić information content (AvgIpc) is 3.08. The van der Waals surface area contributed by atoms with E-state index < -0.39 is 0 Å². The lowest BCUT2D eigenvalue weighted by molar-refractivity contribution is 0.0824. The van der Waals surface area contributed by atoms with Crippen LogP contribution in [-0.4, -0.2) is 51.9 Å². The fourth-order valence-corrected chi connectivity index (χ4v) is 2.83. The number of aromatic nitrogens is 2. The second-order valence-electron chi connectivity index (χ2n) is 5.85. The van der Waals surface area contributed by atoms with Gasteiger partial charge in [0.1, 0.15) is 5.76 Å². The second kappa shape index (κ2) is 9.77. The van der Waals surface area contributed by atoms with Crippen LogP contribution in [0.1, 0.15) is 30.6 Å². The minimum Gasteiger partial charge on any atom is -0.505 e. The number of carbonyl (C=O) groups is 1. The number of ether oxygens (including phenoxy) is 1. The molecule has 9 heteroatoms. The van der Waals surface area contributed by atoms with Gasteiger partial charge in [-0.05, 0) is 31.6 Å². The topological polar surface area (TPSA) is 99.6 Å². The number of hydrogen-bond acceptors (Lipinski definition) is 8. The Kier molecular flexibility index (Phi) is 7.42. The highest BCUT2D eigenvalue weighted by Crippen LogP contribution is 2.32. The predicted molar refractivity (Wildman–Crippen MR) is 108 cm³/mol. The van der Waals surface area contributed by atoms with Crippen LogP contribution in [-0.2, 0) is 4.74 Å². The molecular formula is C18H25N5O3S. The SMILES string of the molecule is CC/C=C(/CNc1nsnc1Nc1cccc(C(=O)N(C)C)c1O)OCC. The van der Waals surface area contributed by atoms with Gasteiger partial charge in [0.2, 0.25) is 0 Å². The molecule has 1 amide bonds. The number of para-hydroxylation sites is 1. The standard InChI is InChI=1S/C18H25N5O3S/c1-5-8-12(26-6-2)11-19-16-17(22-27-21-16)20-14-10-7-9-13(15(14)24)18(25)23(3)4/h7-10,24H,5-6,11H2,1-4H3,(H,19,21)(H,20,22)/b12-8-. The van der Waals surface area contributed by atoms with Gasteiger partial charge in [-0.25, -0.2) is 0 Å². The van der Waals surface area contributed by atoms with Crippen LogP contribution in [0.25, 0.3) is 0 Å². The number of nitrogens with one attached hydrogen (secondary N) is 2. The molecule has 0 spiro atoms. The lowest BCUT2D eigenvalue weighted by atomic mass is 10.1. The molecule has 0 aliphatic heterocycles. The number of amides is 1. The normalized spacial score (nSPS) is 11.2. The molecule has 1 aromatic heterocycles. The Labute approximate surface area is 163 Å². The molecule has 0 aliphatic rings.